The fraction of sp³-hybridized carbons (Fsp3) is 0.286. The molecule has 0 saturated heterocycles. The summed E-state index contributed by atoms with van der Waals surface area (Å²) in [6.07, 6.45) is 0. The summed E-state index contributed by atoms with van der Waals surface area (Å²) in [6.45, 7) is 4.11. The number of aryl methyl sites for hydroxylation is 2. The first-order valence-corrected chi connectivity index (χ1v) is 7.06. The average molecular weight is 337 g/mol. The molecule has 0 atom stereocenters. The predicted octanol–water partition coefficient (Wildman–Crippen LogP) is 3.06. The molecule has 0 aliphatic rings. The largest absolute Gasteiger partial charge is 0.379 e. The van der Waals surface area contributed by atoms with Crippen LogP contribution in [0.15, 0.2) is 28.7 Å². The van der Waals surface area contributed by atoms with Crippen LogP contribution in [0.1, 0.15) is 18.3 Å². The highest BCUT2D eigenvalue weighted by molar-refractivity contribution is 9.10. The summed E-state index contributed by atoms with van der Waals surface area (Å²) in [7, 11) is 1.92. The maximum absolute atomic E-state index is 11.0. The Morgan fingerprint density at radius 2 is 2.10 bits per heavy atom. The van der Waals surface area contributed by atoms with Gasteiger partial charge in [0.2, 0.25) is 5.91 Å². The topological polar surface area (TPSA) is 59.0 Å². The van der Waals surface area contributed by atoms with Gasteiger partial charge >= 0.3 is 0 Å². The van der Waals surface area contributed by atoms with E-state index in [4.69, 9.17) is 0 Å². The van der Waals surface area contributed by atoms with Crippen molar-refractivity contribution < 1.29 is 4.79 Å². The predicted molar refractivity (Wildman–Crippen MR) is 83.7 cm³/mol. The van der Waals surface area contributed by atoms with Crippen LogP contribution in [0, 0.1) is 6.92 Å². The van der Waals surface area contributed by atoms with E-state index in [9.17, 15) is 4.79 Å². The normalized spacial score (nSPS) is 10.4. The van der Waals surface area contributed by atoms with Crippen LogP contribution in [-0.2, 0) is 18.4 Å². The Labute approximate surface area is 126 Å². The van der Waals surface area contributed by atoms with E-state index in [0.29, 0.717) is 6.54 Å². The lowest BCUT2D eigenvalue weighted by Gasteiger charge is -2.09. The van der Waals surface area contributed by atoms with Gasteiger partial charge in [0.25, 0.3) is 0 Å². The number of anilines is 2. The first kappa shape index (κ1) is 14.6. The van der Waals surface area contributed by atoms with E-state index in [2.05, 4.69) is 31.7 Å². The van der Waals surface area contributed by atoms with Gasteiger partial charge in [0, 0.05) is 25.3 Å². The van der Waals surface area contributed by atoms with E-state index >= 15 is 0 Å². The monoisotopic (exact) mass is 336 g/mol. The Kier molecular flexibility index (Phi) is 4.44. The van der Waals surface area contributed by atoms with E-state index < -0.39 is 0 Å². The van der Waals surface area contributed by atoms with E-state index in [1.807, 2.05) is 42.9 Å². The number of carbonyl (C=O) groups excluding carboxylic acids is 1. The lowest BCUT2D eigenvalue weighted by atomic mass is 10.2. The van der Waals surface area contributed by atoms with Gasteiger partial charge in [0.15, 0.2) is 0 Å². The van der Waals surface area contributed by atoms with Crippen molar-refractivity contribution in [3.63, 3.8) is 0 Å². The molecule has 1 aromatic carbocycles. The van der Waals surface area contributed by atoms with Gasteiger partial charge < -0.3 is 10.6 Å². The Morgan fingerprint density at radius 3 is 2.70 bits per heavy atom. The minimum absolute atomic E-state index is 0.0767. The van der Waals surface area contributed by atoms with E-state index in [-0.39, 0.29) is 5.91 Å². The maximum Gasteiger partial charge on any atom is 0.221 e. The molecule has 0 aliphatic carbocycles. The zero-order chi connectivity index (χ0) is 14.7. The van der Waals surface area contributed by atoms with Crippen molar-refractivity contribution in [2.45, 2.75) is 20.4 Å². The first-order chi connectivity index (χ1) is 9.47. The highest BCUT2D eigenvalue weighted by Gasteiger charge is 2.10. The van der Waals surface area contributed by atoms with Gasteiger partial charge in [-0.1, -0.05) is 6.07 Å². The van der Waals surface area contributed by atoms with Crippen LogP contribution in [0.4, 0.5) is 11.4 Å². The van der Waals surface area contributed by atoms with Crippen molar-refractivity contribution in [1.29, 1.82) is 0 Å². The average Bonchev–Trinajstić information content (AvgIpc) is 2.61. The highest BCUT2D eigenvalue weighted by atomic mass is 79.9. The van der Waals surface area contributed by atoms with Crippen LogP contribution < -0.4 is 10.6 Å². The third-order valence-electron chi connectivity index (χ3n) is 2.90. The van der Waals surface area contributed by atoms with Crippen LogP contribution in [-0.4, -0.2) is 15.7 Å². The fourth-order valence-electron chi connectivity index (χ4n) is 1.97. The van der Waals surface area contributed by atoms with Crippen molar-refractivity contribution in [3.8, 4) is 0 Å². The van der Waals surface area contributed by atoms with Crippen LogP contribution in [0.25, 0.3) is 0 Å². The molecule has 5 nitrogen and oxygen atoms in total. The van der Waals surface area contributed by atoms with Crippen LogP contribution in [0.5, 0.6) is 0 Å². The van der Waals surface area contributed by atoms with Gasteiger partial charge in [-0.05, 0) is 41.1 Å². The number of nitrogens with one attached hydrogen (secondary N) is 2. The first-order valence-electron chi connectivity index (χ1n) is 6.27. The summed E-state index contributed by atoms with van der Waals surface area (Å²) in [5.41, 5.74) is 3.77. The molecule has 0 bridgehead atoms. The molecular formula is C14H17BrN4O. The number of benzene rings is 1. The van der Waals surface area contributed by atoms with E-state index in [0.717, 1.165) is 27.2 Å². The zero-order valence-corrected chi connectivity index (χ0v) is 13.3. The molecule has 0 saturated carbocycles. The highest BCUT2D eigenvalue weighted by Crippen LogP contribution is 2.22. The molecule has 0 radical (unpaired) electrons. The lowest BCUT2D eigenvalue weighted by Crippen LogP contribution is -2.08. The van der Waals surface area contributed by atoms with Crippen LogP contribution in [0.2, 0.25) is 0 Å². The Morgan fingerprint density at radius 1 is 1.40 bits per heavy atom. The van der Waals surface area contributed by atoms with Gasteiger partial charge in [-0.25, -0.2) is 0 Å². The summed E-state index contributed by atoms with van der Waals surface area (Å²) in [5, 5.41) is 10.4. The van der Waals surface area contributed by atoms with Gasteiger partial charge in [0.1, 0.15) is 0 Å². The quantitative estimate of drug-likeness (QED) is 0.902. The Balaban J connectivity index is 2.09. The van der Waals surface area contributed by atoms with Crippen LogP contribution in [0.3, 0.4) is 0 Å². The second kappa shape index (κ2) is 6.09. The molecule has 2 N–H and O–H groups in total. The van der Waals surface area contributed by atoms with Gasteiger partial charge in [-0.15, -0.1) is 0 Å². The number of halogens is 1. The van der Waals surface area contributed by atoms with Crippen molar-refractivity contribution in [2.75, 3.05) is 10.6 Å². The van der Waals surface area contributed by atoms with Gasteiger partial charge in [-0.3, -0.25) is 9.48 Å². The van der Waals surface area contributed by atoms with Crippen molar-refractivity contribution >= 4 is 33.2 Å². The lowest BCUT2D eigenvalue weighted by molar-refractivity contribution is -0.114. The molecule has 106 valence electrons. The minimum Gasteiger partial charge on any atom is -0.379 e. The summed E-state index contributed by atoms with van der Waals surface area (Å²) in [5.74, 6) is -0.0767. The molecule has 2 aromatic rings. The molecule has 1 amide bonds. The van der Waals surface area contributed by atoms with Crippen molar-refractivity contribution in [2.24, 2.45) is 7.05 Å². The number of rotatable bonds is 4. The third-order valence-corrected chi connectivity index (χ3v) is 3.94. The van der Waals surface area contributed by atoms with E-state index in [1.54, 1.807) is 0 Å². The van der Waals surface area contributed by atoms with Crippen molar-refractivity contribution in [3.05, 3.63) is 40.1 Å². The minimum atomic E-state index is -0.0767. The molecule has 1 heterocycles. The standard InChI is InChI=1S/C14H17BrN4O/c1-9-14(15)13(19(3)18-9)8-16-11-5-4-6-12(7-11)17-10(2)20/h4-7,16H,8H2,1-3H3,(H,17,20). The number of carbonyl (C=O) groups is 1. The van der Waals surface area contributed by atoms with Gasteiger partial charge in [0.05, 0.1) is 22.4 Å². The molecule has 2 rings (SSSR count). The summed E-state index contributed by atoms with van der Waals surface area (Å²) in [6, 6.07) is 7.62. The van der Waals surface area contributed by atoms with Gasteiger partial charge in [-0.2, -0.15) is 5.10 Å². The molecule has 0 unspecified atom stereocenters. The van der Waals surface area contributed by atoms with Crippen molar-refractivity contribution in [1.82, 2.24) is 9.78 Å². The molecule has 0 spiro atoms. The number of hydrogen-bond donors (Lipinski definition) is 2. The summed E-state index contributed by atoms with van der Waals surface area (Å²) in [4.78, 5) is 11.0. The Bertz CT molecular complexity index is 636. The maximum atomic E-state index is 11.0. The molecule has 20 heavy (non-hydrogen) atoms. The smallest absolute Gasteiger partial charge is 0.221 e. The second-order valence-electron chi connectivity index (χ2n) is 4.59. The number of aromatic nitrogens is 2. The molecule has 0 fully saturated rings. The SMILES string of the molecule is CC(=O)Nc1cccc(NCc2c(Br)c(C)nn2C)c1. The molecule has 1 aromatic heterocycles. The summed E-state index contributed by atoms with van der Waals surface area (Å²) < 4.78 is 2.87. The molecule has 6 heteroatoms. The summed E-state index contributed by atoms with van der Waals surface area (Å²) >= 11 is 3.54. The molecule has 0 aliphatic heterocycles. The number of nitrogens with zero attached hydrogens (tertiary/aromatic N) is 2. The third kappa shape index (κ3) is 3.39. The number of amides is 1. The number of hydrogen-bond acceptors (Lipinski definition) is 3. The fourth-order valence-corrected chi connectivity index (χ4v) is 2.44. The van der Waals surface area contributed by atoms with E-state index in [1.165, 1.54) is 6.92 Å². The Hall–Kier alpha value is -1.82. The zero-order valence-electron chi connectivity index (χ0n) is 11.7. The van der Waals surface area contributed by atoms with Crippen LogP contribution >= 0.6 is 15.9 Å². The molecular weight excluding hydrogens is 320 g/mol. The second-order valence-corrected chi connectivity index (χ2v) is 5.38.